The van der Waals surface area contributed by atoms with E-state index in [1.54, 1.807) is 0 Å². The highest BCUT2D eigenvalue weighted by atomic mass is 32.2. The third-order valence-electron chi connectivity index (χ3n) is 2.38. The number of aromatic carboxylic acids is 1. The number of carboxylic acid groups (broad SMARTS) is 1. The van der Waals surface area contributed by atoms with Crippen LogP contribution in [0.15, 0.2) is 53.4 Å². The van der Waals surface area contributed by atoms with E-state index < -0.39 is 16.7 Å². The van der Waals surface area contributed by atoms with Crippen LogP contribution in [-0.2, 0) is 10.7 Å². The Morgan fingerprint density at radius 1 is 0.895 bits per heavy atom. The lowest BCUT2D eigenvalue weighted by atomic mass is 10.2. The van der Waals surface area contributed by atoms with Crippen molar-refractivity contribution in [2.45, 2.75) is 4.90 Å². The Morgan fingerprint density at radius 2 is 1.37 bits per heavy atom. The summed E-state index contributed by atoms with van der Waals surface area (Å²) in [7, 11) is -2.60. The standard InChI is InChI=1S/C13H10O5S/c14-13(15)9-1-3-10(4-2-9)18-11-5-7-12(8-6-11)19(16)17/h1-8,19H,(H,14,15). The smallest absolute Gasteiger partial charge is 0.335 e. The summed E-state index contributed by atoms with van der Waals surface area (Å²) in [6.07, 6.45) is 0. The summed E-state index contributed by atoms with van der Waals surface area (Å²) in [6, 6.07) is 11.9. The summed E-state index contributed by atoms with van der Waals surface area (Å²) in [5.41, 5.74) is 0.172. The van der Waals surface area contributed by atoms with E-state index in [2.05, 4.69) is 0 Å². The van der Waals surface area contributed by atoms with Gasteiger partial charge in [-0.05, 0) is 48.5 Å². The van der Waals surface area contributed by atoms with Crippen molar-refractivity contribution in [3.63, 3.8) is 0 Å². The molecule has 19 heavy (non-hydrogen) atoms. The Kier molecular flexibility index (Phi) is 3.82. The van der Waals surface area contributed by atoms with Crippen LogP contribution in [0, 0.1) is 0 Å². The molecule has 1 N–H and O–H groups in total. The molecule has 0 aliphatic carbocycles. The maximum absolute atomic E-state index is 10.7. The molecule has 2 aromatic rings. The fraction of sp³-hybridized carbons (Fsp3) is 0. The lowest BCUT2D eigenvalue weighted by Crippen LogP contribution is -1.95. The molecule has 0 aliphatic heterocycles. The Balaban J connectivity index is 2.14. The van der Waals surface area contributed by atoms with Crippen molar-refractivity contribution < 1.29 is 23.1 Å². The van der Waals surface area contributed by atoms with Crippen LogP contribution in [-0.4, -0.2) is 19.5 Å². The molecule has 98 valence electrons. The Hall–Kier alpha value is -2.34. The first-order chi connectivity index (χ1) is 9.06. The highest BCUT2D eigenvalue weighted by molar-refractivity contribution is 7.72. The van der Waals surface area contributed by atoms with Gasteiger partial charge < -0.3 is 9.84 Å². The maximum Gasteiger partial charge on any atom is 0.335 e. The predicted octanol–water partition coefficient (Wildman–Crippen LogP) is 2.15. The van der Waals surface area contributed by atoms with Crippen molar-refractivity contribution in [2.75, 3.05) is 0 Å². The lowest BCUT2D eigenvalue weighted by molar-refractivity contribution is 0.0697. The van der Waals surface area contributed by atoms with E-state index in [4.69, 9.17) is 9.84 Å². The number of benzene rings is 2. The van der Waals surface area contributed by atoms with Crippen LogP contribution >= 0.6 is 0 Å². The lowest BCUT2D eigenvalue weighted by Gasteiger charge is -2.05. The van der Waals surface area contributed by atoms with Gasteiger partial charge in [-0.15, -0.1) is 0 Å². The second kappa shape index (κ2) is 5.53. The molecule has 2 rings (SSSR count). The van der Waals surface area contributed by atoms with Gasteiger partial charge >= 0.3 is 5.97 Å². The fourth-order valence-electron chi connectivity index (χ4n) is 1.44. The molecule has 0 spiro atoms. The molecule has 0 unspecified atom stereocenters. The molecule has 0 heterocycles. The predicted molar refractivity (Wildman–Crippen MR) is 68.5 cm³/mol. The van der Waals surface area contributed by atoms with Gasteiger partial charge in [-0.2, -0.15) is 0 Å². The second-order valence-corrected chi connectivity index (χ2v) is 4.71. The Labute approximate surface area is 111 Å². The molecule has 0 aromatic heterocycles. The van der Waals surface area contributed by atoms with Gasteiger partial charge in [-0.1, -0.05) is 0 Å². The third-order valence-corrected chi connectivity index (χ3v) is 3.10. The summed E-state index contributed by atoms with van der Waals surface area (Å²) in [5.74, 6) is -0.0527. The van der Waals surface area contributed by atoms with E-state index in [1.165, 1.54) is 48.5 Å². The molecular formula is C13H10O5S. The van der Waals surface area contributed by atoms with Gasteiger partial charge in [0.15, 0.2) is 10.7 Å². The molecule has 0 bridgehead atoms. The van der Waals surface area contributed by atoms with Gasteiger partial charge in [0.2, 0.25) is 0 Å². The Bertz CT molecular complexity index is 648. The normalized spacial score (nSPS) is 10.4. The van der Waals surface area contributed by atoms with Crippen molar-refractivity contribution in [1.29, 1.82) is 0 Å². The van der Waals surface area contributed by atoms with Crippen molar-refractivity contribution in [1.82, 2.24) is 0 Å². The first-order valence-electron chi connectivity index (χ1n) is 5.32. The van der Waals surface area contributed by atoms with Gasteiger partial charge in [0.25, 0.3) is 0 Å². The third kappa shape index (κ3) is 3.32. The SMILES string of the molecule is O=C(O)c1ccc(Oc2ccc([SH](=O)=O)cc2)cc1. The van der Waals surface area contributed by atoms with E-state index in [1.807, 2.05) is 0 Å². The Morgan fingerprint density at radius 3 is 1.79 bits per heavy atom. The zero-order valence-electron chi connectivity index (χ0n) is 9.65. The zero-order valence-corrected chi connectivity index (χ0v) is 10.5. The van der Waals surface area contributed by atoms with Gasteiger partial charge in [0.1, 0.15) is 11.5 Å². The molecule has 0 radical (unpaired) electrons. The molecule has 0 saturated carbocycles. The van der Waals surface area contributed by atoms with Gasteiger partial charge in [-0.25, -0.2) is 13.2 Å². The van der Waals surface area contributed by atoms with Crippen molar-refractivity contribution in [3.05, 3.63) is 54.1 Å². The topological polar surface area (TPSA) is 80.7 Å². The number of hydrogen-bond donors (Lipinski definition) is 2. The zero-order chi connectivity index (χ0) is 13.8. The summed E-state index contributed by atoms with van der Waals surface area (Å²) < 4.78 is 26.9. The van der Waals surface area contributed by atoms with Crippen LogP contribution in [0.2, 0.25) is 0 Å². The number of hydrogen-bond acceptors (Lipinski definition) is 4. The molecule has 0 amide bonds. The first kappa shape index (κ1) is 13.1. The molecule has 5 nitrogen and oxygen atoms in total. The van der Waals surface area contributed by atoms with Crippen LogP contribution in [0.1, 0.15) is 10.4 Å². The molecule has 0 fully saturated rings. The highest BCUT2D eigenvalue weighted by Gasteiger charge is 2.03. The number of rotatable bonds is 4. The van der Waals surface area contributed by atoms with Crippen LogP contribution in [0.4, 0.5) is 0 Å². The average molecular weight is 278 g/mol. The van der Waals surface area contributed by atoms with E-state index in [0.29, 0.717) is 11.5 Å². The van der Waals surface area contributed by atoms with Crippen molar-refractivity contribution in [2.24, 2.45) is 0 Å². The molecule has 2 aromatic carbocycles. The van der Waals surface area contributed by atoms with Crippen molar-refractivity contribution in [3.8, 4) is 11.5 Å². The van der Waals surface area contributed by atoms with Crippen molar-refractivity contribution >= 4 is 16.7 Å². The quantitative estimate of drug-likeness (QED) is 0.837. The molecule has 0 atom stereocenters. The largest absolute Gasteiger partial charge is 0.478 e. The number of thiol groups is 1. The van der Waals surface area contributed by atoms with Gasteiger partial charge in [-0.3, -0.25) is 0 Å². The number of carbonyl (C=O) groups is 1. The summed E-state index contributed by atoms with van der Waals surface area (Å²) in [5, 5.41) is 8.75. The van der Waals surface area contributed by atoms with E-state index in [0.717, 1.165) is 0 Å². The van der Waals surface area contributed by atoms with E-state index >= 15 is 0 Å². The first-order valence-corrected chi connectivity index (χ1v) is 6.49. The van der Waals surface area contributed by atoms with Crippen LogP contribution < -0.4 is 4.74 Å². The summed E-state index contributed by atoms with van der Waals surface area (Å²) in [6.45, 7) is 0. The van der Waals surface area contributed by atoms with E-state index in [9.17, 15) is 13.2 Å². The van der Waals surface area contributed by atoms with Gasteiger partial charge in [0.05, 0.1) is 10.5 Å². The number of ether oxygens (including phenoxy) is 1. The molecule has 6 heteroatoms. The summed E-state index contributed by atoms with van der Waals surface area (Å²) >= 11 is 0. The maximum atomic E-state index is 10.7. The molecular weight excluding hydrogens is 268 g/mol. The molecule has 0 aliphatic rings. The van der Waals surface area contributed by atoms with Crippen LogP contribution in [0.3, 0.4) is 0 Å². The average Bonchev–Trinajstić information content (AvgIpc) is 2.40. The summed E-state index contributed by atoms with van der Waals surface area (Å²) in [4.78, 5) is 10.9. The highest BCUT2D eigenvalue weighted by Crippen LogP contribution is 2.22. The van der Waals surface area contributed by atoms with Crippen LogP contribution in [0.5, 0.6) is 11.5 Å². The minimum atomic E-state index is -2.60. The van der Waals surface area contributed by atoms with Gasteiger partial charge in [0, 0.05) is 0 Å². The van der Waals surface area contributed by atoms with E-state index in [-0.39, 0.29) is 10.5 Å². The minimum absolute atomic E-state index is 0.172. The van der Waals surface area contributed by atoms with Crippen LogP contribution in [0.25, 0.3) is 0 Å². The second-order valence-electron chi connectivity index (χ2n) is 3.68. The monoisotopic (exact) mass is 278 g/mol. The number of carboxylic acids is 1. The molecule has 0 saturated heterocycles. The minimum Gasteiger partial charge on any atom is -0.478 e. The fourth-order valence-corrected chi connectivity index (χ4v) is 1.83.